The lowest BCUT2D eigenvalue weighted by Gasteiger charge is -2.25. The highest BCUT2D eigenvalue weighted by Crippen LogP contribution is 2.12. The van der Waals surface area contributed by atoms with Gasteiger partial charge in [-0.05, 0) is 38.7 Å². The number of hydrogen-bond donors (Lipinski definition) is 0. The lowest BCUT2D eigenvalue weighted by Crippen LogP contribution is -2.38. The minimum Gasteiger partial charge on any atom is -0.439 e. The van der Waals surface area contributed by atoms with Crippen LogP contribution in [-0.4, -0.2) is 17.6 Å². The third-order valence-electron chi connectivity index (χ3n) is 2.23. The number of rotatable bonds is 5. The average molecular weight is 254 g/mol. The largest absolute Gasteiger partial charge is 0.439 e. The molecular formula is C12H22O2Si2. The van der Waals surface area contributed by atoms with Crippen LogP contribution in [0.25, 0.3) is 0 Å². The first-order valence-electron chi connectivity index (χ1n) is 5.76. The van der Waals surface area contributed by atoms with Crippen LogP contribution < -0.4 is 0 Å². The van der Waals surface area contributed by atoms with E-state index < -0.39 is 17.6 Å². The van der Waals surface area contributed by atoms with Crippen LogP contribution in [0.15, 0.2) is 24.3 Å². The first-order chi connectivity index (χ1) is 7.39. The minimum absolute atomic E-state index is 0.667. The van der Waals surface area contributed by atoms with E-state index in [1.165, 1.54) is 11.1 Å². The molecule has 1 aromatic rings. The Morgan fingerprint density at radius 1 is 1.12 bits per heavy atom. The molecule has 0 heterocycles. The van der Waals surface area contributed by atoms with E-state index >= 15 is 0 Å². The predicted octanol–water partition coefficient (Wildman–Crippen LogP) is 3.21. The fourth-order valence-electron chi connectivity index (χ4n) is 1.54. The van der Waals surface area contributed by atoms with E-state index in [-0.39, 0.29) is 0 Å². The second-order valence-corrected chi connectivity index (χ2v) is 11.0. The number of aryl methyl sites for hydroxylation is 1. The van der Waals surface area contributed by atoms with Crippen LogP contribution in [0.5, 0.6) is 0 Å². The monoisotopic (exact) mass is 254 g/mol. The van der Waals surface area contributed by atoms with Gasteiger partial charge in [-0.25, -0.2) is 0 Å². The number of hydrogen-bond acceptors (Lipinski definition) is 2. The second kappa shape index (κ2) is 5.77. The van der Waals surface area contributed by atoms with E-state index in [1.807, 2.05) is 0 Å². The Balaban J connectivity index is 2.47. The Morgan fingerprint density at radius 3 is 2.19 bits per heavy atom. The lowest BCUT2D eigenvalue weighted by atomic mass is 10.2. The average Bonchev–Trinajstić information content (AvgIpc) is 2.15. The van der Waals surface area contributed by atoms with Crippen LogP contribution in [0.2, 0.25) is 26.2 Å². The van der Waals surface area contributed by atoms with E-state index in [0.29, 0.717) is 6.61 Å². The molecule has 1 rings (SSSR count). The first-order valence-corrected chi connectivity index (χ1v) is 11.4. The molecule has 0 saturated heterocycles. The summed E-state index contributed by atoms with van der Waals surface area (Å²) in [6, 6.07) is 8.47. The fourth-order valence-corrected chi connectivity index (χ4v) is 6.87. The normalized spacial score (nSPS) is 12.1. The highest BCUT2D eigenvalue weighted by Gasteiger charge is 2.25. The van der Waals surface area contributed by atoms with E-state index in [4.69, 9.17) is 8.54 Å². The molecular weight excluding hydrogens is 232 g/mol. The van der Waals surface area contributed by atoms with Crippen molar-refractivity contribution in [3.05, 3.63) is 35.4 Å². The van der Waals surface area contributed by atoms with Gasteiger partial charge in [0.1, 0.15) is 0 Å². The first kappa shape index (κ1) is 13.6. The fraction of sp³-hybridized carbons (Fsp3) is 0.500. The molecule has 0 amide bonds. The van der Waals surface area contributed by atoms with Crippen molar-refractivity contribution < 1.29 is 8.54 Å². The Hall–Kier alpha value is -0.426. The van der Waals surface area contributed by atoms with Gasteiger partial charge in [-0.1, -0.05) is 29.8 Å². The van der Waals surface area contributed by atoms with Crippen molar-refractivity contribution in [3.8, 4) is 0 Å². The smallest absolute Gasteiger partial charge is 0.321 e. The highest BCUT2D eigenvalue weighted by atomic mass is 28.4. The molecule has 0 aliphatic heterocycles. The molecule has 0 radical (unpaired) electrons. The molecule has 90 valence electrons. The van der Waals surface area contributed by atoms with Gasteiger partial charge in [-0.15, -0.1) is 0 Å². The second-order valence-electron chi connectivity index (χ2n) is 4.84. The number of benzene rings is 1. The summed E-state index contributed by atoms with van der Waals surface area (Å²) in [4.78, 5) is 0. The van der Waals surface area contributed by atoms with Crippen molar-refractivity contribution in [1.82, 2.24) is 0 Å². The third kappa shape index (κ3) is 5.07. The van der Waals surface area contributed by atoms with Gasteiger partial charge in [-0.2, -0.15) is 0 Å². The molecule has 16 heavy (non-hydrogen) atoms. The zero-order valence-electron chi connectivity index (χ0n) is 10.9. The van der Waals surface area contributed by atoms with Crippen LogP contribution in [0.1, 0.15) is 11.1 Å². The summed E-state index contributed by atoms with van der Waals surface area (Å²) >= 11 is 0. The molecule has 0 aromatic heterocycles. The quantitative estimate of drug-likeness (QED) is 0.751. The summed E-state index contributed by atoms with van der Waals surface area (Å²) < 4.78 is 11.9. The molecule has 2 nitrogen and oxygen atoms in total. The summed E-state index contributed by atoms with van der Waals surface area (Å²) in [5.41, 5.74) is 2.51. The maximum atomic E-state index is 5.94. The van der Waals surface area contributed by atoms with Gasteiger partial charge in [0.25, 0.3) is 0 Å². The standard InChI is InChI=1S/C12H22O2Si2/c1-11-6-8-12(9-7-11)10-13-16(4,5)14-15(2)3/h6-9,15H,10H2,1-5H3. The minimum atomic E-state index is -1.90. The van der Waals surface area contributed by atoms with Crippen molar-refractivity contribution in [3.63, 3.8) is 0 Å². The molecule has 0 N–H and O–H groups in total. The van der Waals surface area contributed by atoms with Gasteiger partial charge in [0.15, 0.2) is 9.04 Å². The molecule has 0 saturated carbocycles. The zero-order chi connectivity index (χ0) is 12.2. The Bertz CT molecular complexity index is 320. The van der Waals surface area contributed by atoms with Gasteiger partial charge in [0, 0.05) is 0 Å². The van der Waals surface area contributed by atoms with Gasteiger partial charge >= 0.3 is 8.56 Å². The topological polar surface area (TPSA) is 18.5 Å². The molecule has 4 heteroatoms. The van der Waals surface area contributed by atoms with E-state index in [2.05, 4.69) is 57.4 Å². The van der Waals surface area contributed by atoms with E-state index in [1.54, 1.807) is 0 Å². The third-order valence-corrected chi connectivity index (χ3v) is 7.22. The lowest BCUT2D eigenvalue weighted by molar-refractivity contribution is 0.238. The van der Waals surface area contributed by atoms with Crippen molar-refractivity contribution in [2.45, 2.75) is 39.7 Å². The molecule has 0 unspecified atom stereocenters. The molecule has 0 spiro atoms. The SMILES string of the molecule is Cc1ccc(CO[Si](C)(C)O[SiH](C)C)cc1. The van der Waals surface area contributed by atoms with Gasteiger partial charge in [0.05, 0.1) is 6.61 Å². The van der Waals surface area contributed by atoms with Gasteiger partial charge < -0.3 is 8.54 Å². The van der Waals surface area contributed by atoms with Crippen molar-refractivity contribution in [1.29, 1.82) is 0 Å². The van der Waals surface area contributed by atoms with E-state index in [0.717, 1.165) is 0 Å². The molecule has 0 aliphatic carbocycles. The summed E-state index contributed by atoms with van der Waals surface area (Å²) in [5, 5.41) is 0. The Morgan fingerprint density at radius 2 is 1.69 bits per heavy atom. The molecule has 0 bridgehead atoms. The van der Waals surface area contributed by atoms with Gasteiger partial charge in [0.2, 0.25) is 0 Å². The molecule has 0 atom stereocenters. The van der Waals surface area contributed by atoms with Crippen molar-refractivity contribution >= 4 is 17.6 Å². The van der Waals surface area contributed by atoms with Crippen molar-refractivity contribution in [2.75, 3.05) is 0 Å². The molecule has 0 fully saturated rings. The van der Waals surface area contributed by atoms with Crippen LogP contribution in [-0.2, 0) is 15.1 Å². The predicted molar refractivity (Wildman–Crippen MR) is 73.4 cm³/mol. The van der Waals surface area contributed by atoms with Crippen molar-refractivity contribution in [2.24, 2.45) is 0 Å². The van der Waals surface area contributed by atoms with E-state index in [9.17, 15) is 0 Å². The van der Waals surface area contributed by atoms with Gasteiger partial charge in [-0.3, -0.25) is 0 Å². The molecule has 0 aliphatic rings. The summed E-state index contributed by atoms with van der Waals surface area (Å²) in [5.74, 6) is 0. The molecule has 1 aromatic carbocycles. The van der Waals surface area contributed by atoms with Crippen LogP contribution in [0.3, 0.4) is 0 Å². The maximum absolute atomic E-state index is 5.94. The van der Waals surface area contributed by atoms with Crippen LogP contribution in [0.4, 0.5) is 0 Å². The van der Waals surface area contributed by atoms with Crippen LogP contribution >= 0.6 is 0 Å². The van der Waals surface area contributed by atoms with Crippen LogP contribution in [0, 0.1) is 6.92 Å². The summed E-state index contributed by atoms with van der Waals surface area (Å²) in [7, 11) is -2.89. The summed E-state index contributed by atoms with van der Waals surface area (Å²) in [6.07, 6.45) is 0. The highest BCUT2D eigenvalue weighted by molar-refractivity contribution is 6.72. The Kier molecular flexibility index (Phi) is 4.92. The maximum Gasteiger partial charge on any atom is 0.321 e. The zero-order valence-corrected chi connectivity index (χ0v) is 13.1. The Labute approximate surface area is 102 Å². The summed E-state index contributed by atoms with van der Waals surface area (Å²) in [6.45, 7) is 11.4.